The molecular formula is C18H28N2O4. The van der Waals surface area contributed by atoms with Crippen LogP contribution >= 0.6 is 0 Å². The minimum absolute atomic E-state index is 0.0254. The first-order valence-electron chi connectivity index (χ1n) is 8.61. The molecule has 0 saturated carbocycles. The zero-order chi connectivity index (χ0) is 17.7. The molecule has 2 heterocycles. The van der Waals surface area contributed by atoms with Gasteiger partial charge in [0.15, 0.2) is 0 Å². The summed E-state index contributed by atoms with van der Waals surface area (Å²) in [4.78, 5) is 23.4. The molecule has 0 radical (unpaired) electrons. The van der Waals surface area contributed by atoms with Gasteiger partial charge < -0.3 is 15.2 Å². The van der Waals surface area contributed by atoms with E-state index < -0.39 is 17.6 Å². The van der Waals surface area contributed by atoms with Crippen LogP contribution in [0.5, 0.6) is 0 Å². The molecule has 24 heavy (non-hydrogen) atoms. The zero-order valence-electron chi connectivity index (χ0n) is 14.6. The highest BCUT2D eigenvalue weighted by molar-refractivity contribution is 5.75. The van der Waals surface area contributed by atoms with Gasteiger partial charge in [-0.15, -0.1) is 0 Å². The van der Waals surface area contributed by atoms with Crippen molar-refractivity contribution in [2.45, 2.75) is 63.8 Å². The number of carboxylic acids is 1. The first kappa shape index (κ1) is 18.7. The third-order valence-electron chi connectivity index (χ3n) is 5.09. The third-order valence-corrected chi connectivity index (χ3v) is 5.09. The number of ether oxygens (including phenoxy) is 1. The summed E-state index contributed by atoms with van der Waals surface area (Å²) >= 11 is 0. The lowest BCUT2D eigenvalue weighted by Crippen LogP contribution is -2.68. The number of allylic oxidation sites excluding steroid dienone is 1. The van der Waals surface area contributed by atoms with Gasteiger partial charge in [-0.3, -0.25) is 14.9 Å². The Morgan fingerprint density at radius 3 is 2.71 bits per heavy atom. The molecule has 0 unspecified atom stereocenters. The topological polar surface area (TPSA) is 87.7 Å². The number of carbonyl (C=O) groups is 2. The minimum atomic E-state index is -0.857. The molecule has 0 aliphatic carbocycles. The normalized spacial score (nSPS) is 32.6. The van der Waals surface area contributed by atoms with Crippen LogP contribution in [0.2, 0.25) is 0 Å². The van der Waals surface area contributed by atoms with Crippen molar-refractivity contribution < 1.29 is 19.4 Å². The summed E-state index contributed by atoms with van der Waals surface area (Å²) in [7, 11) is 0. The van der Waals surface area contributed by atoms with Crippen LogP contribution in [0.3, 0.4) is 0 Å². The maximum atomic E-state index is 12.0. The monoisotopic (exact) mass is 336 g/mol. The van der Waals surface area contributed by atoms with Gasteiger partial charge in [0.2, 0.25) is 5.91 Å². The van der Waals surface area contributed by atoms with Crippen LogP contribution in [0.15, 0.2) is 24.3 Å². The molecule has 2 aliphatic rings. The fourth-order valence-corrected chi connectivity index (χ4v) is 4.07. The van der Waals surface area contributed by atoms with E-state index in [0.717, 1.165) is 0 Å². The van der Waals surface area contributed by atoms with Crippen molar-refractivity contribution >= 4 is 11.9 Å². The van der Waals surface area contributed by atoms with Crippen molar-refractivity contribution in [1.82, 2.24) is 10.6 Å². The molecule has 1 fully saturated rings. The Labute approximate surface area is 143 Å². The summed E-state index contributed by atoms with van der Waals surface area (Å²) in [5, 5.41) is 15.8. The van der Waals surface area contributed by atoms with Crippen LogP contribution in [0, 0.1) is 5.92 Å². The molecule has 5 atom stereocenters. The summed E-state index contributed by atoms with van der Waals surface area (Å²) in [6.45, 7) is 5.95. The maximum absolute atomic E-state index is 12.0. The highest BCUT2D eigenvalue weighted by atomic mass is 16.5. The number of amides is 1. The number of hydrogen-bond donors (Lipinski definition) is 3. The van der Waals surface area contributed by atoms with Crippen LogP contribution < -0.4 is 10.6 Å². The van der Waals surface area contributed by atoms with E-state index in [1.54, 1.807) is 0 Å². The summed E-state index contributed by atoms with van der Waals surface area (Å²) in [6, 6.07) is -0.810. The predicted molar refractivity (Wildman–Crippen MR) is 91.6 cm³/mol. The van der Waals surface area contributed by atoms with Crippen LogP contribution in [0.25, 0.3) is 0 Å². The van der Waals surface area contributed by atoms with E-state index in [1.807, 2.05) is 32.1 Å². The van der Waals surface area contributed by atoms with Crippen LogP contribution in [0.4, 0.5) is 0 Å². The molecule has 1 saturated heterocycles. The second kappa shape index (κ2) is 7.94. The molecule has 3 N–H and O–H groups in total. The molecule has 1 amide bonds. The van der Waals surface area contributed by atoms with Gasteiger partial charge in [-0.2, -0.15) is 0 Å². The SMILES string of the molecule is C/C=C\[C@@H]1C[C@H](C(=O)O)N[C@H]1[C@](CC)(NC(C)=O)[C@H]1CC=CCO1. The van der Waals surface area contributed by atoms with Crippen molar-refractivity contribution in [2.75, 3.05) is 6.61 Å². The molecule has 0 aromatic heterocycles. The van der Waals surface area contributed by atoms with Gasteiger partial charge >= 0.3 is 5.97 Å². The van der Waals surface area contributed by atoms with Crippen molar-refractivity contribution in [3.63, 3.8) is 0 Å². The molecule has 2 aliphatic heterocycles. The number of carbonyl (C=O) groups excluding carboxylic acids is 1. The summed E-state index contributed by atoms with van der Waals surface area (Å²) in [6.07, 6.45) is 9.69. The molecule has 134 valence electrons. The standard InChI is InChI=1S/C18H28N2O4/c1-4-8-13-11-14(17(22)23)19-16(13)18(5-2,20-12(3)21)15-9-6-7-10-24-15/h4,6-8,13-16,19H,5,9-11H2,1-3H3,(H,20,21)(H,22,23)/b8-4-/t13-,14-,15-,16-,18-/m1/s1. The molecule has 2 rings (SSSR count). The fourth-order valence-electron chi connectivity index (χ4n) is 4.07. The second-order valence-electron chi connectivity index (χ2n) is 6.56. The predicted octanol–water partition coefficient (Wildman–Crippen LogP) is 1.62. The Morgan fingerprint density at radius 2 is 2.21 bits per heavy atom. The average Bonchev–Trinajstić information content (AvgIpc) is 2.98. The van der Waals surface area contributed by atoms with Gasteiger partial charge in [-0.25, -0.2) is 0 Å². The molecule has 6 heteroatoms. The average molecular weight is 336 g/mol. The molecule has 0 aromatic rings. The Kier molecular flexibility index (Phi) is 6.18. The number of nitrogens with one attached hydrogen (secondary N) is 2. The Hall–Kier alpha value is -1.66. The number of aliphatic carboxylic acids is 1. The third kappa shape index (κ3) is 3.70. The number of hydrogen-bond acceptors (Lipinski definition) is 4. The summed E-state index contributed by atoms with van der Waals surface area (Å²) < 4.78 is 5.96. The van der Waals surface area contributed by atoms with Gasteiger partial charge in [0.1, 0.15) is 6.04 Å². The van der Waals surface area contributed by atoms with Crippen LogP contribution in [-0.2, 0) is 14.3 Å². The van der Waals surface area contributed by atoms with E-state index in [2.05, 4.69) is 16.7 Å². The van der Waals surface area contributed by atoms with E-state index in [1.165, 1.54) is 6.92 Å². The van der Waals surface area contributed by atoms with Gasteiger partial charge in [-0.05, 0) is 32.1 Å². The van der Waals surface area contributed by atoms with Gasteiger partial charge in [0, 0.05) is 13.0 Å². The maximum Gasteiger partial charge on any atom is 0.320 e. The first-order valence-corrected chi connectivity index (χ1v) is 8.61. The van der Waals surface area contributed by atoms with E-state index in [0.29, 0.717) is 25.9 Å². The molecule has 0 spiro atoms. The lowest BCUT2D eigenvalue weighted by atomic mass is 9.74. The van der Waals surface area contributed by atoms with Crippen molar-refractivity contribution in [3.05, 3.63) is 24.3 Å². The molecule has 0 bridgehead atoms. The quantitative estimate of drug-likeness (QED) is 0.642. The smallest absolute Gasteiger partial charge is 0.320 e. The minimum Gasteiger partial charge on any atom is -0.480 e. The lowest BCUT2D eigenvalue weighted by molar-refractivity contribution is -0.139. The molecule has 6 nitrogen and oxygen atoms in total. The summed E-state index contributed by atoms with van der Waals surface area (Å²) in [5.41, 5.74) is -0.648. The second-order valence-corrected chi connectivity index (χ2v) is 6.56. The largest absolute Gasteiger partial charge is 0.480 e. The van der Waals surface area contributed by atoms with E-state index in [4.69, 9.17) is 4.74 Å². The van der Waals surface area contributed by atoms with Gasteiger partial charge in [-0.1, -0.05) is 31.2 Å². The molecular weight excluding hydrogens is 308 g/mol. The Bertz CT molecular complexity index is 531. The first-order chi connectivity index (χ1) is 11.4. The van der Waals surface area contributed by atoms with Crippen LogP contribution in [0.1, 0.15) is 40.0 Å². The van der Waals surface area contributed by atoms with E-state index >= 15 is 0 Å². The van der Waals surface area contributed by atoms with E-state index in [-0.39, 0.29) is 24.0 Å². The van der Waals surface area contributed by atoms with Crippen molar-refractivity contribution in [1.29, 1.82) is 0 Å². The van der Waals surface area contributed by atoms with Crippen LogP contribution in [-0.4, -0.2) is 47.3 Å². The number of carboxylic acid groups (broad SMARTS) is 1. The Balaban J connectivity index is 2.41. The number of rotatable bonds is 6. The van der Waals surface area contributed by atoms with Gasteiger partial charge in [0.05, 0.1) is 18.2 Å². The molecule has 0 aromatic carbocycles. The van der Waals surface area contributed by atoms with E-state index in [9.17, 15) is 14.7 Å². The highest BCUT2D eigenvalue weighted by Gasteiger charge is 2.52. The van der Waals surface area contributed by atoms with Gasteiger partial charge in [0.25, 0.3) is 0 Å². The summed E-state index contributed by atoms with van der Waals surface area (Å²) in [5.74, 6) is -0.962. The highest BCUT2D eigenvalue weighted by Crippen LogP contribution is 2.37. The zero-order valence-corrected chi connectivity index (χ0v) is 14.6. The Morgan fingerprint density at radius 1 is 1.46 bits per heavy atom. The lowest BCUT2D eigenvalue weighted by Gasteiger charge is -2.47. The van der Waals surface area contributed by atoms with Crippen molar-refractivity contribution in [3.8, 4) is 0 Å². The van der Waals surface area contributed by atoms with Crippen molar-refractivity contribution in [2.24, 2.45) is 5.92 Å². The fraction of sp³-hybridized carbons (Fsp3) is 0.667.